The van der Waals surface area contributed by atoms with Gasteiger partial charge in [0.05, 0.1) is 37.4 Å². The van der Waals surface area contributed by atoms with Crippen molar-refractivity contribution in [3.63, 3.8) is 0 Å². The quantitative estimate of drug-likeness (QED) is 0.787. The summed E-state index contributed by atoms with van der Waals surface area (Å²) in [5.41, 5.74) is 0.528. The minimum Gasteiger partial charge on any atom is -0.497 e. The number of rotatable bonds is 2. The Morgan fingerprint density at radius 1 is 1.29 bits per heavy atom. The summed E-state index contributed by atoms with van der Waals surface area (Å²) in [7, 11) is -1.56. The first-order chi connectivity index (χ1) is 10.00. The summed E-state index contributed by atoms with van der Waals surface area (Å²) in [5, 5.41) is 0. The highest BCUT2D eigenvalue weighted by Gasteiger charge is 2.45. The molecule has 2 aliphatic heterocycles. The molecule has 0 radical (unpaired) electrons. The number of carbonyl (C=O) groups is 1. The molecule has 1 aromatic rings. The lowest BCUT2D eigenvalue weighted by atomic mass is 10.1. The van der Waals surface area contributed by atoms with E-state index >= 15 is 0 Å². The number of sulfone groups is 1. The van der Waals surface area contributed by atoms with E-state index in [9.17, 15) is 13.2 Å². The highest BCUT2D eigenvalue weighted by molar-refractivity contribution is 7.91. The number of fused-ring (bicyclic) bond motifs is 1. The molecule has 6 nitrogen and oxygen atoms in total. The molecule has 0 aliphatic carbocycles. The molecule has 2 atom stereocenters. The van der Waals surface area contributed by atoms with Crippen LogP contribution < -0.4 is 4.74 Å². The minimum absolute atomic E-state index is 0.00403. The Balaban J connectivity index is 1.83. The van der Waals surface area contributed by atoms with Crippen LogP contribution in [0.3, 0.4) is 0 Å². The number of benzene rings is 1. The molecule has 21 heavy (non-hydrogen) atoms. The molecule has 0 saturated carbocycles. The third-order valence-corrected chi connectivity index (χ3v) is 5.62. The highest BCUT2D eigenvalue weighted by Crippen LogP contribution is 2.26. The van der Waals surface area contributed by atoms with Crippen molar-refractivity contribution in [3.05, 3.63) is 29.8 Å². The maximum Gasteiger partial charge on any atom is 0.254 e. The monoisotopic (exact) mass is 311 g/mol. The van der Waals surface area contributed by atoms with Crippen LogP contribution in [0.25, 0.3) is 0 Å². The summed E-state index contributed by atoms with van der Waals surface area (Å²) in [4.78, 5) is 14.2. The van der Waals surface area contributed by atoms with Crippen LogP contribution in [0.4, 0.5) is 0 Å². The van der Waals surface area contributed by atoms with Gasteiger partial charge in [-0.15, -0.1) is 0 Å². The molecule has 0 N–H and O–H groups in total. The van der Waals surface area contributed by atoms with Crippen molar-refractivity contribution in [2.75, 3.05) is 31.8 Å². The van der Waals surface area contributed by atoms with Crippen LogP contribution in [0.1, 0.15) is 10.4 Å². The van der Waals surface area contributed by atoms with Crippen LogP contribution in [-0.2, 0) is 14.6 Å². The summed E-state index contributed by atoms with van der Waals surface area (Å²) in [6, 6.07) is 6.44. The summed E-state index contributed by atoms with van der Waals surface area (Å²) >= 11 is 0. The summed E-state index contributed by atoms with van der Waals surface area (Å²) in [5.74, 6) is 0.506. The normalized spacial score (nSPS) is 27.2. The van der Waals surface area contributed by atoms with Gasteiger partial charge in [-0.05, 0) is 24.3 Å². The number of hydrogen-bond acceptors (Lipinski definition) is 5. The maximum absolute atomic E-state index is 12.6. The number of ether oxygens (including phenoxy) is 2. The molecule has 2 unspecified atom stereocenters. The molecule has 114 valence electrons. The van der Waals surface area contributed by atoms with Gasteiger partial charge in [-0.25, -0.2) is 8.42 Å². The van der Waals surface area contributed by atoms with Crippen molar-refractivity contribution in [2.45, 2.75) is 12.1 Å². The smallest absolute Gasteiger partial charge is 0.254 e. The van der Waals surface area contributed by atoms with Crippen molar-refractivity contribution in [2.24, 2.45) is 0 Å². The Morgan fingerprint density at radius 3 is 2.67 bits per heavy atom. The lowest BCUT2D eigenvalue weighted by Crippen LogP contribution is -2.53. The van der Waals surface area contributed by atoms with E-state index in [2.05, 4.69) is 0 Å². The lowest BCUT2D eigenvalue weighted by molar-refractivity contribution is -0.0361. The number of amides is 1. The maximum atomic E-state index is 12.6. The van der Waals surface area contributed by atoms with Crippen LogP contribution in [0.2, 0.25) is 0 Å². The van der Waals surface area contributed by atoms with Gasteiger partial charge in [0.1, 0.15) is 5.75 Å². The second kappa shape index (κ2) is 5.31. The second-order valence-electron chi connectivity index (χ2n) is 5.28. The van der Waals surface area contributed by atoms with Gasteiger partial charge in [0.2, 0.25) is 0 Å². The molecule has 0 bridgehead atoms. The van der Waals surface area contributed by atoms with E-state index in [-0.39, 0.29) is 23.5 Å². The van der Waals surface area contributed by atoms with Crippen molar-refractivity contribution in [1.82, 2.24) is 4.90 Å². The van der Waals surface area contributed by atoms with Crippen molar-refractivity contribution < 1.29 is 22.7 Å². The number of nitrogens with zero attached hydrogens (tertiary/aromatic N) is 1. The van der Waals surface area contributed by atoms with Crippen LogP contribution in [0.15, 0.2) is 24.3 Å². The average Bonchev–Trinajstić information content (AvgIpc) is 2.80. The zero-order valence-corrected chi connectivity index (χ0v) is 12.5. The predicted molar refractivity (Wildman–Crippen MR) is 76.2 cm³/mol. The Hall–Kier alpha value is -1.60. The molecule has 2 saturated heterocycles. The van der Waals surface area contributed by atoms with E-state index < -0.39 is 15.9 Å². The fraction of sp³-hybridized carbons (Fsp3) is 0.500. The number of morpholine rings is 1. The van der Waals surface area contributed by atoms with E-state index in [1.54, 1.807) is 36.3 Å². The van der Waals surface area contributed by atoms with Crippen LogP contribution in [0.5, 0.6) is 5.75 Å². The largest absolute Gasteiger partial charge is 0.497 e. The first-order valence-corrected chi connectivity index (χ1v) is 8.59. The molecule has 2 heterocycles. The predicted octanol–water partition coefficient (Wildman–Crippen LogP) is 0.333. The standard InChI is InChI=1S/C14H17NO5S/c1-19-11-4-2-10(3-5-11)14(16)15-6-7-20-13-9-21(17,18)8-12(13)15/h2-5,12-13H,6-9H2,1H3. The van der Waals surface area contributed by atoms with Gasteiger partial charge in [0.25, 0.3) is 5.91 Å². The van der Waals surface area contributed by atoms with E-state index in [1.807, 2.05) is 0 Å². The topological polar surface area (TPSA) is 72.9 Å². The first-order valence-electron chi connectivity index (χ1n) is 6.77. The van der Waals surface area contributed by atoms with E-state index in [4.69, 9.17) is 9.47 Å². The molecule has 3 rings (SSSR count). The number of carbonyl (C=O) groups excluding carboxylic acids is 1. The SMILES string of the molecule is COc1ccc(C(=O)N2CCOC3CS(=O)(=O)CC32)cc1. The van der Waals surface area contributed by atoms with Crippen LogP contribution in [0, 0.1) is 0 Å². The summed E-state index contributed by atoms with van der Waals surface area (Å²) < 4.78 is 34.1. The highest BCUT2D eigenvalue weighted by atomic mass is 32.2. The zero-order valence-electron chi connectivity index (χ0n) is 11.7. The van der Waals surface area contributed by atoms with Gasteiger partial charge in [-0.2, -0.15) is 0 Å². The zero-order chi connectivity index (χ0) is 15.0. The van der Waals surface area contributed by atoms with Gasteiger partial charge in [0, 0.05) is 12.1 Å². The first kappa shape index (κ1) is 14.3. The van der Waals surface area contributed by atoms with Crippen molar-refractivity contribution in [1.29, 1.82) is 0 Å². The van der Waals surface area contributed by atoms with Gasteiger partial charge >= 0.3 is 0 Å². The molecule has 7 heteroatoms. The fourth-order valence-corrected chi connectivity index (χ4v) is 4.74. The van der Waals surface area contributed by atoms with Gasteiger partial charge in [-0.3, -0.25) is 4.79 Å². The second-order valence-corrected chi connectivity index (χ2v) is 7.43. The molecular weight excluding hydrogens is 294 g/mol. The third kappa shape index (κ3) is 2.75. The van der Waals surface area contributed by atoms with Gasteiger partial charge in [-0.1, -0.05) is 0 Å². The van der Waals surface area contributed by atoms with Crippen LogP contribution >= 0.6 is 0 Å². The van der Waals surface area contributed by atoms with Gasteiger partial charge < -0.3 is 14.4 Å². The Morgan fingerprint density at radius 2 is 2.00 bits per heavy atom. The van der Waals surface area contributed by atoms with Crippen molar-refractivity contribution >= 4 is 15.7 Å². The number of methoxy groups -OCH3 is 1. The Kier molecular flexibility index (Phi) is 3.62. The molecule has 0 spiro atoms. The minimum atomic E-state index is -3.13. The summed E-state index contributed by atoms with van der Waals surface area (Å²) in [6.07, 6.45) is -0.397. The third-order valence-electron chi connectivity index (χ3n) is 3.93. The molecule has 0 aromatic heterocycles. The fourth-order valence-electron chi connectivity index (χ4n) is 2.87. The van der Waals surface area contributed by atoms with E-state index in [0.29, 0.717) is 24.5 Å². The number of hydrogen-bond donors (Lipinski definition) is 0. The van der Waals surface area contributed by atoms with Gasteiger partial charge in [0.15, 0.2) is 9.84 Å². The average molecular weight is 311 g/mol. The molecule has 1 amide bonds. The van der Waals surface area contributed by atoms with E-state index in [0.717, 1.165) is 0 Å². The molecule has 1 aromatic carbocycles. The Labute approximate surface area is 123 Å². The molecule has 2 aliphatic rings. The van der Waals surface area contributed by atoms with Crippen molar-refractivity contribution in [3.8, 4) is 5.75 Å². The van der Waals surface area contributed by atoms with Crippen LogP contribution in [-0.4, -0.2) is 63.1 Å². The lowest BCUT2D eigenvalue weighted by Gasteiger charge is -2.36. The Bertz CT molecular complexity index is 640. The molecule has 2 fully saturated rings. The van der Waals surface area contributed by atoms with E-state index in [1.165, 1.54) is 0 Å². The molecular formula is C14H17NO5S. The summed E-state index contributed by atoms with van der Waals surface area (Å²) in [6.45, 7) is 0.792.